The molecule has 0 bridgehead atoms. The van der Waals surface area contributed by atoms with Crippen LogP contribution in [-0.2, 0) is 6.42 Å². The second-order valence-electron chi connectivity index (χ2n) is 5.12. The van der Waals surface area contributed by atoms with Gasteiger partial charge < -0.3 is 10.6 Å². The lowest BCUT2D eigenvalue weighted by atomic mass is 9.96. The molecule has 1 aromatic carbocycles. The minimum Gasteiger partial charge on any atom is -0.362 e. The molecule has 0 aromatic heterocycles. The van der Waals surface area contributed by atoms with Gasteiger partial charge in [-0.3, -0.25) is 0 Å². The van der Waals surface area contributed by atoms with Crippen molar-refractivity contribution in [1.29, 1.82) is 0 Å². The molecule has 1 aromatic rings. The van der Waals surface area contributed by atoms with Gasteiger partial charge in [0.05, 0.1) is 0 Å². The van der Waals surface area contributed by atoms with Crippen molar-refractivity contribution in [3.05, 3.63) is 34.9 Å². The van der Waals surface area contributed by atoms with Gasteiger partial charge in [0.25, 0.3) is 0 Å². The highest BCUT2D eigenvalue weighted by Gasteiger charge is 2.13. The average molecular weight is 297 g/mol. The Labute approximate surface area is 125 Å². The van der Waals surface area contributed by atoms with Crippen LogP contribution in [0.2, 0.25) is 5.02 Å². The first kappa shape index (κ1) is 14.6. The standard InChI is InChI=1S/C15H21ClN2S/c16-13-6-4-5-12(11-13)9-10-17-15(19)18-14-7-2-1-3-8-14/h4-6,11,14H,1-3,7-10H2,(H2,17,18,19). The van der Waals surface area contributed by atoms with Gasteiger partial charge in [0.15, 0.2) is 5.11 Å². The highest BCUT2D eigenvalue weighted by molar-refractivity contribution is 7.80. The van der Waals surface area contributed by atoms with E-state index in [0.29, 0.717) is 6.04 Å². The molecule has 0 atom stereocenters. The molecule has 1 saturated carbocycles. The van der Waals surface area contributed by atoms with Crippen LogP contribution in [0, 0.1) is 0 Å². The Kier molecular flexibility index (Phi) is 5.93. The first-order chi connectivity index (χ1) is 9.24. The number of rotatable bonds is 4. The first-order valence-corrected chi connectivity index (χ1v) is 7.81. The summed E-state index contributed by atoms with van der Waals surface area (Å²) in [6.07, 6.45) is 7.44. The van der Waals surface area contributed by atoms with Crippen LogP contribution >= 0.6 is 23.8 Å². The van der Waals surface area contributed by atoms with Crippen molar-refractivity contribution in [3.63, 3.8) is 0 Å². The second kappa shape index (κ2) is 7.71. The number of hydrogen-bond donors (Lipinski definition) is 2. The lowest BCUT2D eigenvalue weighted by molar-refractivity contribution is 0.412. The Hall–Kier alpha value is -0.800. The minimum atomic E-state index is 0.569. The summed E-state index contributed by atoms with van der Waals surface area (Å²) < 4.78 is 0. The van der Waals surface area contributed by atoms with Crippen molar-refractivity contribution < 1.29 is 0 Å². The van der Waals surface area contributed by atoms with E-state index >= 15 is 0 Å². The number of hydrogen-bond acceptors (Lipinski definition) is 1. The van der Waals surface area contributed by atoms with Gasteiger partial charge in [-0.05, 0) is 49.2 Å². The van der Waals surface area contributed by atoms with Crippen LogP contribution in [0.15, 0.2) is 24.3 Å². The molecule has 0 aliphatic heterocycles. The first-order valence-electron chi connectivity index (χ1n) is 7.03. The molecule has 0 radical (unpaired) electrons. The number of nitrogens with one attached hydrogen (secondary N) is 2. The molecule has 0 saturated heterocycles. The predicted octanol–water partition coefficient (Wildman–Crippen LogP) is 3.68. The summed E-state index contributed by atoms with van der Waals surface area (Å²) in [5.74, 6) is 0. The largest absolute Gasteiger partial charge is 0.362 e. The SMILES string of the molecule is S=C(NCCc1cccc(Cl)c1)NC1CCCCC1. The molecule has 0 unspecified atom stereocenters. The lowest BCUT2D eigenvalue weighted by Gasteiger charge is -2.24. The van der Waals surface area contributed by atoms with E-state index in [-0.39, 0.29) is 0 Å². The zero-order valence-corrected chi connectivity index (χ0v) is 12.7. The van der Waals surface area contributed by atoms with E-state index in [9.17, 15) is 0 Å². The molecule has 2 nitrogen and oxygen atoms in total. The van der Waals surface area contributed by atoms with Crippen molar-refractivity contribution in [3.8, 4) is 0 Å². The van der Waals surface area contributed by atoms with Crippen molar-refractivity contribution >= 4 is 28.9 Å². The van der Waals surface area contributed by atoms with Gasteiger partial charge in [-0.15, -0.1) is 0 Å². The van der Waals surface area contributed by atoms with E-state index in [1.807, 2.05) is 18.2 Å². The Morgan fingerprint density at radius 3 is 2.79 bits per heavy atom. The van der Waals surface area contributed by atoms with E-state index in [2.05, 4.69) is 16.7 Å². The molecule has 1 aliphatic rings. The maximum atomic E-state index is 5.96. The molecule has 0 spiro atoms. The maximum absolute atomic E-state index is 5.96. The minimum absolute atomic E-state index is 0.569. The molecule has 2 rings (SSSR count). The topological polar surface area (TPSA) is 24.1 Å². The lowest BCUT2D eigenvalue weighted by Crippen LogP contribution is -2.43. The van der Waals surface area contributed by atoms with Crippen LogP contribution < -0.4 is 10.6 Å². The van der Waals surface area contributed by atoms with Crippen molar-refractivity contribution in [2.75, 3.05) is 6.54 Å². The van der Waals surface area contributed by atoms with E-state index in [4.69, 9.17) is 23.8 Å². The van der Waals surface area contributed by atoms with Gasteiger partial charge in [0.1, 0.15) is 0 Å². The summed E-state index contributed by atoms with van der Waals surface area (Å²) >= 11 is 11.3. The maximum Gasteiger partial charge on any atom is 0.166 e. The van der Waals surface area contributed by atoms with Crippen molar-refractivity contribution in [1.82, 2.24) is 10.6 Å². The Morgan fingerprint density at radius 2 is 2.05 bits per heavy atom. The van der Waals surface area contributed by atoms with Gasteiger partial charge in [0.2, 0.25) is 0 Å². The summed E-state index contributed by atoms with van der Waals surface area (Å²) in [5.41, 5.74) is 1.24. The molecule has 0 heterocycles. The van der Waals surface area contributed by atoms with Crippen molar-refractivity contribution in [2.45, 2.75) is 44.6 Å². The van der Waals surface area contributed by atoms with E-state index < -0.39 is 0 Å². The molecule has 1 fully saturated rings. The zero-order valence-electron chi connectivity index (χ0n) is 11.1. The third-order valence-corrected chi connectivity index (χ3v) is 4.03. The quantitative estimate of drug-likeness (QED) is 0.829. The Morgan fingerprint density at radius 1 is 1.26 bits per heavy atom. The molecule has 104 valence electrons. The van der Waals surface area contributed by atoms with Gasteiger partial charge in [0, 0.05) is 17.6 Å². The normalized spacial score (nSPS) is 16.1. The van der Waals surface area contributed by atoms with Crippen LogP contribution in [0.4, 0.5) is 0 Å². The number of halogens is 1. The predicted molar refractivity (Wildman–Crippen MR) is 85.8 cm³/mol. The second-order valence-corrected chi connectivity index (χ2v) is 5.96. The fourth-order valence-corrected chi connectivity index (χ4v) is 2.98. The molecule has 1 aliphatic carbocycles. The van der Waals surface area contributed by atoms with Crippen molar-refractivity contribution in [2.24, 2.45) is 0 Å². The fourth-order valence-electron chi connectivity index (χ4n) is 2.50. The van der Waals surface area contributed by atoms with Crippen LogP contribution in [0.25, 0.3) is 0 Å². The molecule has 4 heteroatoms. The van der Waals surface area contributed by atoms with E-state index in [1.165, 1.54) is 37.7 Å². The number of thiocarbonyl (C=S) groups is 1. The highest BCUT2D eigenvalue weighted by atomic mass is 35.5. The smallest absolute Gasteiger partial charge is 0.166 e. The van der Waals surface area contributed by atoms with Crippen LogP contribution in [0.3, 0.4) is 0 Å². The summed E-state index contributed by atoms with van der Waals surface area (Å²) in [5, 5.41) is 8.26. The number of benzene rings is 1. The zero-order chi connectivity index (χ0) is 13.5. The van der Waals surface area contributed by atoms with E-state index in [0.717, 1.165) is 23.1 Å². The molecular formula is C15H21ClN2S. The highest BCUT2D eigenvalue weighted by Crippen LogP contribution is 2.17. The molecule has 2 N–H and O–H groups in total. The summed E-state index contributed by atoms with van der Waals surface area (Å²) in [6, 6.07) is 8.54. The average Bonchev–Trinajstić information content (AvgIpc) is 2.40. The van der Waals surface area contributed by atoms with Gasteiger partial charge in [-0.25, -0.2) is 0 Å². The third kappa shape index (κ3) is 5.37. The summed E-state index contributed by atoms with van der Waals surface area (Å²) in [6.45, 7) is 0.846. The van der Waals surface area contributed by atoms with Crippen LogP contribution in [-0.4, -0.2) is 17.7 Å². The molecule has 19 heavy (non-hydrogen) atoms. The van der Waals surface area contributed by atoms with Crippen LogP contribution in [0.1, 0.15) is 37.7 Å². The summed E-state index contributed by atoms with van der Waals surface area (Å²) in [7, 11) is 0. The van der Waals surface area contributed by atoms with Gasteiger partial charge in [-0.1, -0.05) is 43.0 Å². The Bertz CT molecular complexity index is 416. The van der Waals surface area contributed by atoms with E-state index in [1.54, 1.807) is 0 Å². The molecule has 0 amide bonds. The molecular weight excluding hydrogens is 276 g/mol. The third-order valence-electron chi connectivity index (χ3n) is 3.53. The van der Waals surface area contributed by atoms with Gasteiger partial charge in [-0.2, -0.15) is 0 Å². The monoisotopic (exact) mass is 296 g/mol. The van der Waals surface area contributed by atoms with Crippen LogP contribution in [0.5, 0.6) is 0 Å². The fraction of sp³-hybridized carbons (Fsp3) is 0.533. The Balaban J connectivity index is 1.66. The van der Waals surface area contributed by atoms with Gasteiger partial charge >= 0.3 is 0 Å². The summed E-state index contributed by atoms with van der Waals surface area (Å²) in [4.78, 5) is 0.